The van der Waals surface area contributed by atoms with Gasteiger partial charge in [-0.1, -0.05) is 18.2 Å². The predicted octanol–water partition coefficient (Wildman–Crippen LogP) is -0.609. The van der Waals surface area contributed by atoms with E-state index in [4.69, 9.17) is 15.9 Å². The molecule has 0 saturated heterocycles. The number of aliphatic carboxylic acids is 2. The fraction of sp³-hybridized carbons (Fsp3) is 0.409. The first-order valence-corrected chi connectivity index (χ1v) is 11.4. The number of thiol groups is 1. The van der Waals surface area contributed by atoms with Gasteiger partial charge in [-0.15, -0.1) is 0 Å². The lowest BCUT2D eigenvalue weighted by Crippen LogP contribution is -2.57. The van der Waals surface area contributed by atoms with Crippen LogP contribution in [-0.2, 0) is 30.4 Å². The van der Waals surface area contributed by atoms with Gasteiger partial charge in [0.25, 0.3) is 0 Å². The third-order valence-corrected chi connectivity index (χ3v) is 5.65. The van der Waals surface area contributed by atoms with Crippen LogP contribution in [0.4, 0.5) is 0 Å². The highest BCUT2D eigenvalue weighted by atomic mass is 32.1. The molecule has 8 N–H and O–H groups in total. The van der Waals surface area contributed by atoms with E-state index in [0.717, 1.165) is 16.5 Å². The number of carboxylic acids is 2. The molecular formula is C22H29N5O7S. The number of hydrogen-bond donors (Lipinski definition) is 8. The topological polar surface area (TPSA) is 204 Å². The molecule has 4 unspecified atom stereocenters. The molecule has 4 atom stereocenters. The lowest BCUT2D eigenvalue weighted by Gasteiger charge is -2.23. The molecule has 0 saturated carbocycles. The summed E-state index contributed by atoms with van der Waals surface area (Å²) in [5.41, 5.74) is 7.33. The van der Waals surface area contributed by atoms with E-state index in [-0.39, 0.29) is 25.0 Å². The molecule has 1 heterocycles. The van der Waals surface area contributed by atoms with Gasteiger partial charge in [-0.05, 0) is 25.0 Å². The number of aromatic amines is 1. The first-order chi connectivity index (χ1) is 16.5. The van der Waals surface area contributed by atoms with Crippen molar-refractivity contribution in [2.24, 2.45) is 5.73 Å². The molecule has 1 aromatic heterocycles. The van der Waals surface area contributed by atoms with E-state index < -0.39 is 53.8 Å². The number of H-pyrrole nitrogens is 1. The summed E-state index contributed by atoms with van der Waals surface area (Å²) in [6.07, 6.45) is 1.31. The standard InChI is InChI=1S/C22H29N5O7S/c1-11(19(30)27-17(10-35)22(33)34)25-21(32)16(26-20(31)14(23)6-7-18(28)29)8-12-9-24-15-5-3-2-4-13(12)15/h2-5,9,11,14,16-17,24,35H,6-8,10,23H2,1H3,(H,25,32)(H,26,31)(H,27,30)(H,28,29)(H,33,34). The normalized spacial score (nSPS) is 14.4. The summed E-state index contributed by atoms with van der Waals surface area (Å²) in [7, 11) is 0. The van der Waals surface area contributed by atoms with Crippen molar-refractivity contribution in [2.75, 3.05) is 5.75 Å². The highest BCUT2D eigenvalue weighted by Gasteiger charge is 2.29. The van der Waals surface area contributed by atoms with Gasteiger partial charge in [0, 0.05) is 35.7 Å². The Morgan fingerprint density at radius 3 is 2.29 bits per heavy atom. The van der Waals surface area contributed by atoms with Crippen molar-refractivity contribution in [2.45, 2.75) is 50.4 Å². The van der Waals surface area contributed by atoms with Crippen LogP contribution in [0.15, 0.2) is 30.5 Å². The van der Waals surface area contributed by atoms with Crippen LogP contribution < -0.4 is 21.7 Å². The van der Waals surface area contributed by atoms with Crippen molar-refractivity contribution in [3.63, 3.8) is 0 Å². The molecule has 3 amide bonds. The molecule has 1 aromatic carbocycles. The quantitative estimate of drug-likeness (QED) is 0.164. The Labute approximate surface area is 206 Å². The summed E-state index contributed by atoms with van der Waals surface area (Å²) in [5.74, 6) is -4.68. The zero-order valence-corrected chi connectivity index (χ0v) is 19.9. The van der Waals surface area contributed by atoms with Crippen LogP contribution in [0.2, 0.25) is 0 Å². The van der Waals surface area contributed by atoms with Crippen molar-refractivity contribution in [3.8, 4) is 0 Å². The maximum Gasteiger partial charge on any atom is 0.327 e. The minimum absolute atomic E-state index is 0.0516. The zero-order valence-electron chi connectivity index (χ0n) is 19.0. The number of aromatic nitrogens is 1. The fourth-order valence-corrected chi connectivity index (χ4v) is 3.53. The summed E-state index contributed by atoms with van der Waals surface area (Å²) >= 11 is 3.88. The minimum Gasteiger partial charge on any atom is -0.481 e. The maximum atomic E-state index is 13.1. The van der Waals surface area contributed by atoms with Crippen LogP contribution in [0.1, 0.15) is 25.3 Å². The molecule has 0 bridgehead atoms. The molecule has 2 aromatic rings. The van der Waals surface area contributed by atoms with Gasteiger partial charge in [0.05, 0.1) is 6.04 Å². The number of hydrogen-bond acceptors (Lipinski definition) is 7. The number of benzene rings is 1. The van der Waals surface area contributed by atoms with E-state index in [9.17, 15) is 24.0 Å². The Morgan fingerprint density at radius 2 is 1.66 bits per heavy atom. The van der Waals surface area contributed by atoms with E-state index in [0.29, 0.717) is 0 Å². The van der Waals surface area contributed by atoms with Gasteiger partial charge in [0.2, 0.25) is 17.7 Å². The van der Waals surface area contributed by atoms with E-state index >= 15 is 0 Å². The molecule has 0 spiro atoms. The second-order valence-corrected chi connectivity index (χ2v) is 8.34. The Morgan fingerprint density at radius 1 is 1.00 bits per heavy atom. The molecule has 0 aliphatic carbocycles. The summed E-state index contributed by atoms with van der Waals surface area (Å²) in [6.45, 7) is 1.37. The number of amides is 3. The summed E-state index contributed by atoms with van der Waals surface area (Å²) < 4.78 is 0. The molecular weight excluding hydrogens is 478 g/mol. The molecule has 13 heteroatoms. The molecule has 0 aliphatic heterocycles. The molecule has 2 rings (SSSR count). The van der Waals surface area contributed by atoms with Gasteiger partial charge >= 0.3 is 11.9 Å². The van der Waals surface area contributed by atoms with Crippen LogP contribution in [0.5, 0.6) is 0 Å². The first kappa shape index (κ1) is 27.7. The van der Waals surface area contributed by atoms with E-state index in [1.165, 1.54) is 6.92 Å². The first-order valence-electron chi connectivity index (χ1n) is 10.8. The Balaban J connectivity index is 2.17. The highest BCUT2D eigenvalue weighted by molar-refractivity contribution is 7.80. The van der Waals surface area contributed by atoms with E-state index in [2.05, 4.69) is 33.6 Å². The maximum absolute atomic E-state index is 13.1. The van der Waals surface area contributed by atoms with Gasteiger partial charge in [-0.2, -0.15) is 12.6 Å². The van der Waals surface area contributed by atoms with Crippen molar-refractivity contribution >= 4 is 53.2 Å². The summed E-state index contributed by atoms with van der Waals surface area (Å²) in [4.78, 5) is 63.0. The van der Waals surface area contributed by atoms with Gasteiger partial charge < -0.3 is 36.9 Å². The monoisotopic (exact) mass is 507 g/mol. The number of fused-ring (bicyclic) bond motifs is 1. The predicted molar refractivity (Wildman–Crippen MR) is 130 cm³/mol. The number of para-hydroxylation sites is 1. The number of nitrogens with two attached hydrogens (primary N) is 1. The second-order valence-electron chi connectivity index (χ2n) is 7.98. The van der Waals surface area contributed by atoms with Crippen molar-refractivity contribution in [1.29, 1.82) is 0 Å². The Kier molecular flexibility index (Phi) is 10.1. The van der Waals surface area contributed by atoms with Crippen molar-refractivity contribution in [3.05, 3.63) is 36.0 Å². The van der Waals surface area contributed by atoms with E-state index in [1.807, 2.05) is 24.3 Å². The average Bonchev–Trinajstić information content (AvgIpc) is 3.22. The average molecular weight is 508 g/mol. The largest absolute Gasteiger partial charge is 0.481 e. The molecule has 0 aliphatic rings. The summed E-state index contributed by atoms with van der Waals surface area (Å²) in [5, 5.41) is 26.0. The van der Waals surface area contributed by atoms with Crippen LogP contribution >= 0.6 is 12.6 Å². The second kappa shape index (κ2) is 12.8. The number of rotatable bonds is 13. The van der Waals surface area contributed by atoms with Crippen molar-refractivity contribution < 1.29 is 34.2 Å². The molecule has 12 nitrogen and oxygen atoms in total. The SMILES string of the molecule is CC(NC(=O)C(Cc1c[nH]c2ccccc12)NC(=O)C(N)CCC(=O)O)C(=O)NC(CS)C(=O)O. The van der Waals surface area contributed by atoms with Crippen LogP contribution in [0.3, 0.4) is 0 Å². The number of carboxylic acid groups (broad SMARTS) is 2. The van der Waals surface area contributed by atoms with Crippen molar-refractivity contribution in [1.82, 2.24) is 20.9 Å². The fourth-order valence-electron chi connectivity index (χ4n) is 3.28. The highest BCUT2D eigenvalue weighted by Crippen LogP contribution is 2.19. The van der Waals surface area contributed by atoms with Crippen LogP contribution in [0, 0.1) is 0 Å². The molecule has 0 radical (unpaired) electrons. The Hall–Kier alpha value is -3.58. The molecule has 0 fully saturated rings. The third-order valence-electron chi connectivity index (χ3n) is 5.29. The molecule has 190 valence electrons. The smallest absolute Gasteiger partial charge is 0.327 e. The van der Waals surface area contributed by atoms with Crippen LogP contribution in [-0.4, -0.2) is 74.8 Å². The van der Waals surface area contributed by atoms with Gasteiger partial charge in [0.1, 0.15) is 18.1 Å². The number of nitrogens with one attached hydrogen (secondary N) is 4. The van der Waals surface area contributed by atoms with Gasteiger partial charge in [-0.25, -0.2) is 4.79 Å². The Bertz CT molecular complexity index is 1090. The molecule has 35 heavy (non-hydrogen) atoms. The lowest BCUT2D eigenvalue weighted by molar-refractivity contribution is -0.141. The lowest BCUT2D eigenvalue weighted by atomic mass is 10.0. The summed E-state index contributed by atoms with van der Waals surface area (Å²) in [6, 6.07) is 2.70. The van der Waals surface area contributed by atoms with Gasteiger partial charge in [0.15, 0.2) is 0 Å². The van der Waals surface area contributed by atoms with Gasteiger partial charge in [-0.3, -0.25) is 19.2 Å². The minimum atomic E-state index is -1.27. The number of carbonyl (C=O) groups excluding carboxylic acids is 3. The van der Waals surface area contributed by atoms with Crippen LogP contribution in [0.25, 0.3) is 10.9 Å². The van der Waals surface area contributed by atoms with E-state index in [1.54, 1.807) is 6.20 Å². The number of carbonyl (C=O) groups is 5. The zero-order chi connectivity index (χ0) is 26.1. The third kappa shape index (κ3) is 8.00.